The first-order chi connectivity index (χ1) is 18.2. The van der Waals surface area contributed by atoms with Crippen molar-refractivity contribution in [3.05, 3.63) is 108 Å². The molecule has 1 aliphatic carbocycles. The predicted octanol–water partition coefficient (Wildman–Crippen LogP) is 4.42. The molecule has 2 heterocycles. The summed E-state index contributed by atoms with van der Waals surface area (Å²) in [7, 11) is -8.35. The van der Waals surface area contributed by atoms with E-state index >= 15 is 0 Å². The van der Waals surface area contributed by atoms with Crippen LogP contribution in [0.5, 0.6) is 0 Å². The van der Waals surface area contributed by atoms with Gasteiger partial charge in [-0.25, -0.2) is 17.7 Å². The van der Waals surface area contributed by atoms with Crippen LogP contribution in [-0.2, 0) is 20.0 Å². The fourth-order valence-corrected chi connectivity index (χ4v) is 7.60. The van der Waals surface area contributed by atoms with Gasteiger partial charge in [-0.15, -0.1) is 3.98 Å². The molecule has 6 rings (SSSR count). The number of anilines is 1. The molecule has 0 amide bonds. The lowest BCUT2D eigenvalue weighted by molar-refractivity contribution is -0.269. The highest BCUT2D eigenvalue weighted by atomic mass is 32.2. The normalized spacial score (nSPS) is 17.0. The van der Waals surface area contributed by atoms with E-state index in [9.17, 15) is 16.8 Å². The van der Waals surface area contributed by atoms with Gasteiger partial charge >= 0.3 is 15.8 Å². The topological polar surface area (TPSA) is 100 Å². The second-order valence-corrected chi connectivity index (χ2v) is 12.8. The maximum absolute atomic E-state index is 14.1. The van der Waals surface area contributed by atoms with Gasteiger partial charge in [-0.1, -0.05) is 65.8 Å². The lowest BCUT2D eigenvalue weighted by atomic mass is 10.1. The van der Waals surface area contributed by atoms with Gasteiger partial charge in [0.25, 0.3) is 10.0 Å². The van der Waals surface area contributed by atoms with Gasteiger partial charge in [-0.2, -0.15) is 8.42 Å². The van der Waals surface area contributed by atoms with Gasteiger partial charge in [0.15, 0.2) is 0 Å². The van der Waals surface area contributed by atoms with Crippen molar-refractivity contribution < 1.29 is 20.8 Å². The minimum absolute atomic E-state index is 0.0614. The van der Waals surface area contributed by atoms with Crippen LogP contribution in [0.3, 0.4) is 0 Å². The summed E-state index contributed by atoms with van der Waals surface area (Å²) in [5.74, 6) is -0.139. The molecule has 0 saturated heterocycles. The van der Waals surface area contributed by atoms with Crippen LogP contribution in [0.15, 0.2) is 107 Å². The average Bonchev–Trinajstić information content (AvgIpc) is 2.90. The Morgan fingerprint density at radius 2 is 1.32 bits per heavy atom. The Kier molecular flexibility index (Phi) is 5.55. The highest BCUT2D eigenvalue weighted by molar-refractivity contribution is 7.93. The van der Waals surface area contributed by atoms with Gasteiger partial charge in [0.05, 0.1) is 4.90 Å². The molecule has 0 spiro atoms. The third-order valence-electron chi connectivity index (χ3n) is 6.53. The standard InChI is InChI=1S/C28H23N4O4S2/c1-19-11-15-21(16-12-19)37(33,34)31-25-9-5-6-10-26(25)32(38(35,36)22-17-13-20(2)14-18-22)28-27(31)29-23-7-3-4-8-24(23)30-28/h3-18,25H,1-2H3/q+1. The summed E-state index contributed by atoms with van der Waals surface area (Å²) in [4.78, 5) is 9.48. The van der Waals surface area contributed by atoms with Crippen LogP contribution in [0, 0.1) is 13.8 Å². The van der Waals surface area contributed by atoms with E-state index in [1.807, 2.05) is 13.8 Å². The number of para-hydroxylation sites is 2. The Balaban J connectivity index is 1.69. The van der Waals surface area contributed by atoms with Gasteiger partial charge in [0.1, 0.15) is 22.2 Å². The molecule has 0 saturated carbocycles. The summed E-state index contributed by atoms with van der Waals surface area (Å²) in [5.41, 5.74) is 2.95. The second kappa shape index (κ2) is 8.71. The van der Waals surface area contributed by atoms with Crippen LogP contribution in [0.1, 0.15) is 11.1 Å². The van der Waals surface area contributed by atoms with Gasteiger partial charge in [0.2, 0.25) is 11.3 Å². The van der Waals surface area contributed by atoms with Crippen LogP contribution >= 0.6 is 0 Å². The van der Waals surface area contributed by atoms with E-state index < -0.39 is 26.1 Å². The first kappa shape index (κ1) is 24.2. The van der Waals surface area contributed by atoms with Gasteiger partial charge in [-0.3, -0.25) is 0 Å². The first-order valence-electron chi connectivity index (χ1n) is 11.9. The summed E-state index contributed by atoms with van der Waals surface area (Å²) in [6.07, 6.45) is 6.63. The Morgan fingerprint density at radius 1 is 0.737 bits per heavy atom. The molecular formula is C28H23N4O4S2+. The number of fused-ring (bicyclic) bond motifs is 3. The fourth-order valence-electron chi connectivity index (χ4n) is 4.58. The lowest BCUT2D eigenvalue weighted by Gasteiger charge is -2.34. The lowest BCUT2D eigenvalue weighted by Crippen LogP contribution is -2.51. The summed E-state index contributed by atoms with van der Waals surface area (Å²) >= 11 is 0. The van der Waals surface area contributed by atoms with Crippen LogP contribution in [0.25, 0.3) is 11.0 Å². The van der Waals surface area contributed by atoms with E-state index in [0.717, 1.165) is 15.1 Å². The summed E-state index contributed by atoms with van der Waals surface area (Å²) in [6, 6.07) is 19.0. The number of nitrogens with zero attached hydrogens (tertiary/aromatic N) is 4. The molecule has 1 aliphatic heterocycles. The Bertz CT molecular complexity index is 1910. The quantitative estimate of drug-likeness (QED) is 0.353. The van der Waals surface area contributed by atoms with Crippen molar-refractivity contribution in [1.29, 1.82) is 0 Å². The molecule has 8 nitrogen and oxygen atoms in total. The smallest absolute Gasteiger partial charge is 0.227 e. The minimum Gasteiger partial charge on any atom is -0.227 e. The summed E-state index contributed by atoms with van der Waals surface area (Å²) < 4.78 is 58.8. The molecule has 2 aliphatic rings. The van der Waals surface area contributed by atoms with Crippen LogP contribution in [0.2, 0.25) is 0 Å². The fraction of sp³-hybridized carbons (Fsp3) is 0.107. The minimum atomic E-state index is -4.18. The molecule has 10 heteroatoms. The van der Waals surface area contributed by atoms with Crippen molar-refractivity contribution in [3.8, 4) is 0 Å². The number of hydrogen-bond donors (Lipinski definition) is 0. The molecule has 190 valence electrons. The number of benzene rings is 3. The SMILES string of the molecule is Cc1ccc(S(=O)(=O)N2c3nc4ccccc4nc3[N+](S(=O)(=O)c3ccc(C)cc3)=C3C=CC=CC32)cc1. The number of aromatic nitrogens is 2. The van der Waals surface area contributed by atoms with E-state index in [1.54, 1.807) is 72.8 Å². The predicted molar refractivity (Wildman–Crippen MR) is 146 cm³/mol. The molecule has 38 heavy (non-hydrogen) atoms. The van der Waals surface area contributed by atoms with Crippen LogP contribution < -0.4 is 4.31 Å². The molecule has 0 N–H and O–H groups in total. The van der Waals surface area contributed by atoms with Crippen molar-refractivity contribution in [3.63, 3.8) is 0 Å². The maximum Gasteiger partial charge on any atom is 0.383 e. The molecule has 1 atom stereocenters. The van der Waals surface area contributed by atoms with Gasteiger partial charge < -0.3 is 0 Å². The van der Waals surface area contributed by atoms with Crippen molar-refractivity contribution in [2.45, 2.75) is 29.7 Å². The maximum atomic E-state index is 14.1. The number of aryl methyl sites for hydroxylation is 2. The van der Waals surface area contributed by atoms with E-state index in [-0.39, 0.29) is 27.1 Å². The molecule has 1 unspecified atom stereocenters. The highest BCUT2D eigenvalue weighted by Gasteiger charge is 2.49. The number of rotatable bonds is 4. The van der Waals surface area contributed by atoms with E-state index in [2.05, 4.69) is 9.97 Å². The van der Waals surface area contributed by atoms with Crippen molar-refractivity contribution >= 4 is 48.4 Å². The number of allylic oxidation sites excluding steroid dienone is 2. The van der Waals surface area contributed by atoms with Crippen molar-refractivity contribution in [2.75, 3.05) is 4.31 Å². The molecule has 3 aromatic carbocycles. The van der Waals surface area contributed by atoms with E-state index in [4.69, 9.17) is 0 Å². The number of hydrogen-bond acceptors (Lipinski definition) is 6. The van der Waals surface area contributed by atoms with E-state index in [0.29, 0.717) is 11.0 Å². The molecule has 0 fully saturated rings. The molecule has 1 aromatic heterocycles. The summed E-state index contributed by atoms with van der Waals surface area (Å²) in [5, 5.41) is 0. The third kappa shape index (κ3) is 3.75. The molecule has 0 radical (unpaired) electrons. The third-order valence-corrected chi connectivity index (χ3v) is 10.1. The molecule has 0 bridgehead atoms. The zero-order valence-electron chi connectivity index (χ0n) is 20.6. The van der Waals surface area contributed by atoms with Gasteiger partial charge in [0, 0.05) is 0 Å². The zero-order valence-corrected chi connectivity index (χ0v) is 22.2. The van der Waals surface area contributed by atoms with E-state index in [1.165, 1.54) is 28.6 Å². The first-order valence-corrected chi connectivity index (χ1v) is 14.8. The Morgan fingerprint density at radius 3 is 1.95 bits per heavy atom. The summed E-state index contributed by atoms with van der Waals surface area (Å²) in [6.45, 7) is 3.75. The van der Waals surface area contributed by atoms with Crippen LogP contribution in [-0.4, -0.2) is 42.5 Å². The Hall–Kier alpha value is -4.15. The average molecular weight is 544 g/mol. The second-order valence-electron chi connectivity index (χ2n) is 9.17. The number of sulfonamides is 2. The van der Waals surface area contributed by atoms with Crippen molar-refractivity contribution in [1.82, 2.24) is 9.97 Å². The monoisotopic (exact) mass is 543 g/mol. The molecular weight excluding hydrogens is 520 g/mol. The largest absolute Gasteiger partial charge is 0.383 e. The zero-order chi connectivity index (χ0) is 26.7. The van der Waals surface area contributed by atoms with Crippen LogP contribution in [0.4, 0.5) is 11.6 Å². The Labute approximate surface area is 221 Å². The highest BCUT2D eigenvalue weighted by Crippen LogP contribution is 2.40. The van der Waals surface area contributed by atoms with Gasteiger partial charge in [-0.05, 0) is 61.3 Å². The molecule has 4 aromatic rings. The van der Waals surface area contributed by atoms with Crippen molar-refractivity contribution in [2.24, 2.45) is 0 Å².